The molecule has 0 saturated carbocycles. The van der Waals surface area contributed by atoms with Gasteiger partial charge in [-0.2, -0.15) is 0 Å². The molecular weight excluding hydrogens is 396 g/mol. The number of anilines is 1. The zero-order chi connectivity index (χ0) is 21.7. The quantitative estimate of drug-likeness (QED) is 0.563. The van der Waals surface area contributed by atoms with Crippen LogP contribution < -0.4 is 10.0 Å². The van der Waals surface area contributed by atoms with E-state index in [-0.39, 0.29) is 28.1 Å². The molecule has 1 amide bonds. The minimum Gasteiger partial charge on any atom is -0.345 e. The summed E-state index contributed by atoms with van der Waals surface area (Å²) >= 11 is 0. The lowest BCUT2D eigenvalue weighted by molar-refractivity contribution is 0.0936. The predicted octanol–water partition coefficient (Wildman–Crippen LogP) is 4.99. The van der Waals surface area contributed by atoms with Gasteiger partial charge in [-0.1, -0.05) is 61.0 Å². The summed E-state index contributed by atoms with van der Waals surface area (Å²) in [6, 6.07) is 20.7. The van der Waals surface area contributed by atoms with E-state index in [1.807, 2.05) is 32.9 Å². The molecule has 2 N–H and O–H groups in total. The highest BCUT2D eigenvalue weighted by atomic mass is 32.2. The van der Waals surface area contributed by atoms with Crippen LogP contribution in [0.5, 0.6) is 0 Å². The first-order valence-corrected chi connectivity index (χ1v) is 11.3. The van der Waals surface area contributed by atoms with E-state index in [0.29, 0.717) is 6.42 Å². The van der Waals surface area contributed by atoms with Gasteiger partial charge < -0.3 is 5.32 Å². The molecule has 0 aliphatic heterocycles. The van der Waals surface area contributed by atoms with Crippen molar-refractivity contribution in [3.8, 4) is 0 Å². The Kier molecular flexibility index (Phi) is 6.57. The number of aryl methyl sites for hydroxylation is 2. The number of carbonyl (C=O) groups is 1. The number of benzene rings is 3. The van der Waals surface area contributed by atoms with Crippen molar-refractivity contribution in [2.45, 2.75) is 38.1 Å². The lowest BCUT2D eigenvalue weighted by Crippen LogP contribution is -2.29. The van der Waals surface area contributed by atoms with Crippen LogP contribution in [0.3, 0.4) is 0 Å². The third-order valence-electron chi connectivity index (χ3n) is 4.98. The third-order valence-corrected chi connectivity index (χ3v) is 6.37. The minimum atomic E-state index is -3.80. The normalized spacial score (nSPS) is 12.2. The van der Waals surface area contributed by atoms with Crippen molar-refractivity contribution in [2.75, 3.05) is 4.72 Å². The molecule has 156 valence electrons. The topological polar surface area (TPSA) is 75.3 Å². The van der Waals surface area contributed by atoms with Gasteiger partial charge in [-0.05, 0) is 55.7 Å². The summed E-state index contributed by atoms with van der Waals surface area (Å²) < 4.78 is 28.0. The van der Waals surface area contributed by atoms with Crippen molar-refractivity contribution in [2.24, 2.45) is 0 Å². The Balaban J connectivity index is 1.86. The fourth-order valence-corrected chi connectivity index (χ4v) is 4.53. The van der Waals surface area contributed by atoms with Gasteiger partial charge in [-0.25, -0.2) is 8.42 Å². The van der Waals surface area contributed by atoms with Crippen LogP contribution in [0.4, 0.5) is 5.69 Å². The fraction of sp³-hybridized carbons (Fsp3) is 0.208. The molecule has 3 aromatic rings. The van der Waals surface area contributed by atoms with Crippen molar-refractivity contribution in [1.82, 2.24) is 5.32 Å². The Morgan fingerprint density at radius 1 is 0.933 bits per heavy atom. The van der Waals surface area contributed by atoms with E-state index in [0.717, 1.165) is 16.7 Å². The van der Waals surface area contributed by atoms with Gasteiger partial charge in [0.2, 0.25) is 0 Å². The van der Waals surface area contributed by atoms with E-state index in [1.54, 1.807) is 42.5 Å². The molecule has 0 aliphatic carbocycles. The number of amides is 1. The van der Waals surface area contributed by atoms with Gasteiger partial charge in [0.15, 0.2) is 0 Å². The molecule has 6 heteroatoms. The van der Waals surface area contributed by atoms with E-state index in [2.05, 4.69) is 16.1 Å². The molecule has 0 unspecified atom stereocenters. The Morgan fingerprint density at radius 3 is 2.27 bits per heavy atom. The molecule has 5 nitrogen and oxygen atoms in total. The van der Waals surface area contributed by atoms with Gasteiger partial charge in [0.25, 0.3) is 15.9 Å². The van der Waals surface area contributed by atoms with Crippen LogP contribution in [0.25, 0.3) is 0 Å². The standard InChI is InChI=1S/C24H26N2O3S/c1-4-22(20-15-14-17(2)16-18(20)3)25-24(27)21-12-8-9-13-23(21)26-30(28,29)19-10-6-5-7-11-19/h5-16,22,26H,4H2,1-3H3,(H,25,27)/t22-/m1/s1. The highest BCUT2D eigenvalue weighted by molar-refractivity contribution is 7.92. The van der Waals surface area contributed by atoms with Crippen molar-refractivity contribution < 1.29 is 13.2 Å². The summed E-state index contributed by atoms with van der Waals surface area (Å²) in [7, 11) is -3.80. The molecule has 0 fully saturated rings. The maximum absolute atomic E-state index is 13.1. The van der Waals surface area contributed by atoms with E-state index in [1.165, 1.54) is 12.1 Å². The number of rotatable bonds is 7. The molecule has 1 atom stereocenters. The van der Waals surface area contributed by atoms with Crippen LogP contribution in [0.2, 0.25) is 0 Å². The molecule has 0 bridgehead atoms. The van der Waals surface area contributed by atoms with Crippen LogP contribution in [-0.2, 0) is 10.0 Å². The average molecular weight is 423 g/mol. The minimum absolute atomic E-state index is 0.141. The van der Waals surface area contributed by atoms with Gasteiger partial charge in [0, 0.05) is 0 Å². The van der Waals surface area contributed by atoms with Gasteiger partial charge >= 0.3 is 0 Å². The van der Waals surface area contributed by atoms with E-state index in [9.17, 15) is 13.2 Å². The molecule has 3 aromatic carbocycles. The number of hydrogen-bond acceptors (Lipinski definition) is 3. The van der Waals surface area contributed by atoms with E-state index < -0.39 is 10.0 Å². The summed E-state index contributed by atoms with van der Waals surface area (Å²) in [5, 5.41) is 3.05. The molecule has 0 aliphatic rings. The van der Waals surface area contributed by atoms with Gasteiger partial charge in [-0.3, -0.25) is 9.52 Å². The molecule has 0 heterocycles. The number of sulfonamides is 1. The Hall–Kier alpha value is -3.12. The number of carbonyl (C=O) groups excluding carboxylic acids is 1. The first kappa shape index (κ1) is 21.6. The van der Waals surface area contributed by atoms with Gasteiger partial charge in [0.1, 0.15) is 0 Å². The molecule has 3 rings (SSSR count). The maximum atomic E-state index is 13.1. The third kappa shape index (κ3) is 4.89. The highest BCUT2D eigenvalue weighted by Crippen LogP contribution is 2.24. The zero-order valence-corrected chi connectivity index (χ0v) is 18.2. The summed E-state index contributed by atoms with van der Waals surface area (Å²) in [5.41, 5.74) is 3.85. The maximum Gasteiger partial charge on any atom is 0.261 e. The van der Waals surface area contributed by atoms with E-state index in [4.69, 9.17) is 0 Å². The van der Waals surface area contributed by atoms with Crippen molar-refractivity contribution in [3.63, 3.8) is 0 Å². The lowest BCUT2D eigenvalue weighted by atomic mass is 9.97. The van der Waals surface area contributed by atoms with E-state index >= 15 is 0 Å². The Bertz CT molecular complexity index is 1140. The molecule has 0 radical (unpaired) electrons. The second-order valence-corrected chi connectivity index (χ2v) is 8.94. The van der Waals surface area contributed by atoms with Gasteiger partial charge in [-0.15, -0.1) is 0 Å². The zero-order valence-electron chi connectivity index (χ0n) is 17.3. The van der Waals surface area contributed by atoms with Crippen LogP contribution in [0.1, 0.15) is 46.4 Å². The molecule has 0 aromatic heterocycles. The first-order chi connectivity index (χ1) is 14.3. The Labute approximate surface area is 178 Å². The summed E-state index contributed by atoms with van der Waals surface area (Å²) in [6.07, 6.45) is 0.716. The molecule has 0 saturated heterocycles. The fourth-order valence-electron chi connectivity index (χ4n) is 3.43. The van der Waals surface area contributed by atoms with Gasteiger partial charge in [0.05, 0.1) is 22.2 Å². The number of nitrogens with one attached hydrogen (secondary N) is 2. The van der Waals surface area contributed by atoms with Crippen molar-refractivity contribution >= 4 is 21.6 Å². The van der Waals surface area contributed by atoms with Crippen molar-refractivity contribution in [1.29, 1.82) is 0 Å². The first-order valence-electron chi connectivity index (χ1n) is 9.86. The van der Waals surface area contributed by atoms with Crippen molar-refractivity contribution in [3.05, 3.63) is 95.1 Å². The summed E-state index contributed by atoms with van der Waals surface area (Å²) in [4.78, 5) is 13.2. The Morgan fingerprint density at radius 2 is 1.60 bits per heavy atom. The second-order valence-electron chi connectivity index (χ2n) is 7.26. The average Bonchev–Trinajstić information content (AvgIpc) is 2.73. The van der Waals surface area contributed by atoms with Crippen LogP contribution in [-0.4, -0.2) is 14.3 Å². The van der Waals surface area contributed by atoms with Crippen LogP contribution >= 0.6 is 0 Å². The largest absolute Gasteiger partial charge is 0.345 e. The SMILES string of the molecule is CC[C@@H](NC(=O)c1ccccc1NS(=O)(=O)c1ccccc1)c1ccc(C)cc1C. The smallest absolute Gasteiger partial charge is 0.261 e. The molecular formula is C24H26N2O3S. The molecule has 30 heavy (non-hydrogen) atoms. The number of hydrogen-bond donors (Lipinski definition) is 2. The summed E-state index contributed by atoms with van der Waals surface area (Å²) in [5.74, 6) is -0.326. The predicted molar refractivity (Wildman–Crippen MR) is 120 cm³/mol. The monoisotopic (exact) mass is 422 g/mol. The second kappa shape index (κ2) is 9.13. The molecule has 0 spiro atoms. The van der Waals surface area contributed by atoms with Crippen LogP contribution in [0.15, 0.2) is 77.7 Å². The number of para-hydroxylation sites is 1. The highest BCUT2D eigenvalue weighted by Gasteiger charge is 2.21. The lowest BCUT2D eigenvalue weighted by Gasteiger charge is -2.21. The summed E-state index contributed by atoms with van der Waals surface area (Å²) in [6.45, 7) is 6.07. The van der Waals surface area contributed by atoms with Crippen LogP contribution in [0, 0.1) is 13.8 Å².